The summed E-state index contributed by atoms with van der Waals surface area (Å²) in [4.78, 5) is 13.8. The van der Waals surface area contributed by atoms with Crippen LogP contribution in [0.25, 0.3) is 22.8 Å². The quantitative estimate of drug-likeness (QED) is 0.476. The van der Waals surface area contributed by atoms with Gasteiger partial charge < -0.3 is 14.3 Å². The van der Waals surface area contributed by atoms with Crippen LogP contribution in [0.5, 0.6) is 0 Å². The molecule has 7 heteroatoms. The molecular formula is C23H20ClN5O. The molecular weight excluding hydrogens is 398 g/mol. The molecule has 0 unspecified atom stereocenters. The first kappa shape index (κ1) is 18.6. The molecule has 3 heterocycles. The lowest BCUT2D eigenvalue weighted by molar-refractivity contribution is 0.432. The molecule has 0 N–H and O–H groups in total. The lowest BCUT2D eigenvalue weighted by Crippen LogP contribution is -2.46. The summed E-state index contributed by atoms with van der Waals surface area (Å²) in [5.41, 5.74) is 2.90. The maximum Gasteiger partial charge on any atom is 0.259 e. The number of hydrogen-bond donors (Lipinski definition) is 0. The Morgan fingerprint density at radius 2 is 1.60 bits per heavy atom. The highest BCUT2D eigenvalue weighted by Gasteiger charge is 2.19. The second-order valence-corrected chi connectivity index (χ2v) is 7.58. The average molecular weight is 418 g/mol. The van der Waals surface area contributed by atoms with Gasteiger partial charge in [0.05, 0.1) is 5.56 Å². The van der Waals surface area contributed by atoms with Gasteiger partial charge in [-0.25, -0.2) is 4.98 Å². The van der Waals surface area contributed by atoms with E-state index in [1.807, 2.05) is 60.7 Å². The third kappa shape index (κ3) is 3.86. The molecule has 2 aromatic heterocycles. The van der Waals surface area contributed by atoms with Crippen molar-refractivity contribution < 1.29 is 4.52 Å². The van der Waals surface area contributed by atoms with Gasteiger partial charge in [-0.05, 0) is 30.3 Å². The van der Waals surface area contributed by atoms with Gasteiger partial charge in [-0.2, -0.15) is 4.98 Å². The maximum absolute atomic E-state index is 6.13. The first-order valence-corrected chi connectivity index (χ1v) is 10.2. The van der Waals surface area contributed by atoms with E-state index in [1.165, 1.54) is 0 Å². The molecule has 0 atom stereocenters. The molecule has 150 valence electrons. The van der Waals surface area contributed by atoms with Crippen molar-refractivity contribution in [2.75, 3.05) is 36.0 Å². The lowest BCUT2D eigenvalue weighted by Gasteiger charge is -2.36. The average Bonchev–Trinajstić information content (AvgIpc) is 3.30. The molecule has 0 amide bonds. The number of hydrogen-bond acceptors (Lipinski definition) is 6. The summed E-state index contributed by atoms with van der Waals surface area (Å²) in [6.45, 7) is 3.65. The van der Waals surface area contributed by atoms with Gasteiger partial charge in [0, 0.05) is 48.6 Å². The van der Waals surface area contributed by atoms with Crippen molar-refractivity contribution in [3.63, 3.8) is 0 Å². The summed E-state index contributed by atoms with van der Waals surface area (Å²) in [6.07, 6.45) is 1.79. The minimum Gasteiger partial charge on any atom is -0.368 e. The zero-order valence-corrected chi connectivity index (χ0v) is 17.0. The second-order valence-electron chi connectivity index (χ2n) is 7.15. The van der Waals surface area contributed by atoms with Crippen LogP contribution in [0.3, 0.4) is 0 Å². The fourth-order valence-corrected chi connectivity index (χ4v) is 3.80. The molecule has 1 aliphatic rings. The number of nitrogens with zero attached hydrogens (tertiary/aromatic N) is 5. The predicted molar refractivity (Wildman–Crippen MR) is 119 cm³/mol. The van der Waals surface area contributed by atoms with Gasteiger partial charge >= 0.3 is 0 Å². The van der Waals surface area contributed by atoms with E-state index in [-0.39, 0.29) is 0 Å². The first-order valence-electron chi connectivity index (χ1n) is 9.87. The van der Waals surface area contributed by atoms with Crippen LogP contribution in [0.2, 0.25) is 5.02 Å². The number of benzene rings is 2. The van der Waals surface area contributed by atoms with E-state index in [0.29, 0.717) is 11.7 Å². The molecule has 1 aliphatic heterocycles. The lowest BCUT2D eigenvalue weighted by atomic mass is 10.2. The highest BCUT2D eigenvalue weighted by molar-refractivity contribution is 6.30. The van der Waals surface area contributed by atoms with Crippen molar-refractivity contribution in [1.82, 2.24) is 15.1 Å². The van der Waals surface area contributed by atoms with Crippen LogP contribution in [0, 0.1) is 0 Å². The summed E-state index contributed by atoms with van der Waals surface area (Å²) in [5.74, 6) is 2.00. The molecule has 4 aromatic rings. The first-order chi connectivity index (χ1) is 14.8. The molecule has 1 saturated heterocycles. The second kappa shape index (κ2) is 8.16. The number of halogens is 1. The monoisotopic (exact) mass is 417 g/mol. The van der Waals surface area contributed by atoms with Crippen molar-refractivity contribution in [3.05, 3.63) is 77.9 Å². The molecule has 0 aliphatic carbocycles. The van der Waals surface area contributed by atoms with Gasteiger partial charge in [-0.1, -0.05) is 53.2 Å². The molecule has 2 aromatic carbocycles. The molecule has 30 heavy (non-hydrogen) atoms. The number of piperazine rings is 1. The normalized spacial score (nSPS) is 14.2. The number of aromatic nitrogens is 3. The van der Waals surface area contributed by atoms with E-state index in [4.69, 9.17) is 16.1 Å². The van der Waals surface area contributed by atoms with Crippen molar-refractivity contribution in [2.24, 2.45) is 0 Å². The molecule has 0 bridgehead atoms. The van der Waals surface area contributed by atoms with Crippen LogP contribution in [-0.2, 0) is 0 Å². The van der Waals surface area contributed by atoms with Gasteiger partial charge in [0.15, 0.2) is 0 Å². The van der Waals surface area contributed by atoms with E-state index in [1.54, 1.807) is 6.20 Å². The minimum absolute atomic E-state index is 0.471. The SMILES string of the molecule is Clc1cccc(N2CCN(c3ccc(-c4nc(-c5ccccc5)no4)cn3)CC2)c1. The van der Waals surface area contributed by atoms with Crippen LogP contribution in [0.15, 0.2) is 77.4 Å². The molecule has 5 rings (SSSR count). The Labute approximate surface area is 179 Å². The molecule has 1 fully saturated rings. The Bertz CT molecular complexity index is 1120. The topological polar surface area (TPSA) is 58.3 Å². The fraction of sp³-hybridized carbons (Fsp3) is 0.174. The standard InChI is InChI=1S/C23H20ClN5O/c24-19-7-4-8-20(15-19)28-11-13-29(14-12-28)21-10-9-18(16-25-21)23-26-22(27-30-23)17-5-2-1-3-6-17/h1-10,15-16H,11-14H2. The smallest absolute Gasteiger partial charge is 0.259 e. The van der Waals surface area contributed by atoms with Crippen molar-refractivity contribution in [3.8, 4) is 22.8 Å². The van der Waals surface area contributed by atoms with Crippen molar-refractivity contribution in [1.29, 1.82) is 0 Å². The Hall–Kier alpha value is -3.38. The zero-order valence-electron chi connectivity index (χ0n) is 16.3. The summed E-state index contributed by atoms with van der Waals surface area (Å²) >= 11 is 6.13. The van der Waals surface area contributed by atoms with Gasteiger partial charge in [0.1, 0.15) is 5.82 Å². The van der Waals surface area contributed by atoms with Gasteiger partial charge in [0.25, 0.3) is 5.89 Å². The maximum atomic E-state index is 6.13. The highest BCUT2D eigenvalue weighted by Crippen LogP contribution is 2.25. The Morgan fingerprint density at radius 1 is 0.800 bits per heavy atom. The molecule has 0 radical (unpaired) electrons. The third-order valence-corrected chi connectivity index (χ3v) is 5.46. The van der Waals surface area contributed by atoms with Crippen LogP contribution in [-0.4, -0.2) is 41.3 Å². The van der Waals surface area contributed by atoms with Crippen molar-refractivity contribution in [2.45, 2.75) is 0 Å². The van der Waals surface area contributed by atoms with E-state index >= 15 is 0 Å². The van der Waals surface area contributed by atoms with Gasteiger partial charge in [-0.3, -0.25) is 0 Å². The molecule has 6 nitrogen and oxygen atoms in total. The molecule has 0 spiro atoms. The van der Waals surface area contributed by atoms with Gasteiger partial charge in [-0.15, -0.1) is 0 Å². The summed E-state index contributed by atoms with van der Waals surface area (Å²) < 4.78 is 5.43. The van der Waals surface area contributed by atoms with E-state index in [9.17, 15) is 0 Å². The largest absolute Gasteiger partial charge is 0.368 e. The Balaban J connectivity index is 1.25. The summed E-state index contributed by atoms with van der Waals surface area (Å²) in [6, 6.07) is 21.8. The third-order valence-electron chi connectivity index (χ3n) is 5.23. The number of rotatable bonds is 4. The summed E-state index contributed by atoms with van der Waals surface area (Å²) in [7, 11) is 0. The van der Waals surface area contributed by atoms with E-state index < -0.39 is 0 Å². The van der Waals surface area contributed by atoms with Crippen LogP contribution < -0.4 is 9.80 Å². The summed E-state index contributed by atoms with van der Waals surface area (Å²) in [5, 5.41) is 4.85. The predicted octanol–water partition coefficient (Wildman–Crippen LogP) is 4.78. The minimum atomic E-state index is 0.471. The van der Waals surface area contributed by atoms with Crippen LogP contribution in [0.4, 0.5) is 11.5 Å². The Kier molecular flexibility index (Phi) is 5.07. The van der Waals surface area contributed by atoms with E-state index in [0.717, 1.165) is 53.8 Å². The van der Waals surface area contributed by atoms with Crippen molar-refractivity contribution >= 4 is 23.1 Å². The fourth-order valence-electron chi connectivity index (χ4n) is 3.61. The number of pyridine rings is 1. The molecule has 0 saturated carbocycles. The van der Waals surface area contributed by atoms with Crippen LogP contribution in [0.1, 0.15) is 0 Å². The van der Waals surface area contributed by atoms with Crippen LogP contribution >= 0.6 is 11.6 Å². The Morgan fingerprint density at radius 3 is 2.33 bits per heavy atom. The highest BCUT2D eigenvalue weighted by atomic mass is 35.5. The van der Waals surface area contributed by atoms with E-state index in [2.05, 4.69) is 31.0 Å². The zero-order chi connectivity index (χ0) is 20.3. The number of anilines is 2. The van der Waals surface area contributed by atoms with Gasteiger partial charge in [0.2, 0.25) is 5.82 Å².